The highest BCUT2D eigenvalue weighted by Gasteiger charge is 2.19. The summed E-state index contributed by atoms with van der Waals surface area (Å²) in [6, 6.07) is -0.530. The molecule has 0 fully saturated rings. The van der Waals surface area contributed by atoms with E-state index in [-0.39, 0.29) is 12.5 Å². The molecule has 1 amide bonds. The summed E-state index contributed by atoms with van der Waals surface area (Å²) in [5.74, 6) is -0.0349. The Kier molecular flexibility index (Phi) is 37.4. The van der Waals surface area contributed by atoms with Crippen molar-refractivity contribution < 1.29 is 15.0 Å². The van der Waals surface area contributed by atoms with Crippen LogP contribution in [0, 0.1) is 0 Å². The van der Waals surface area contributed by atoms with Crippen LogP contribution >= 0.6 is 0 Å². The maximum Gasteiger partial charge on any atom is 0.220 e. The maximum atomic E-state index is 12.3. The van der Waals surface area contributed by atoms with Crippen molar-refractivity contribution in [1.82, 2.24) is 5.32 Å². The Labute approximate surface area is 288 Å². The first-order chi connectivity index (χ1) is 22.7. The van der Waals surface area contributed by atoms with Crippen LogP contribution in [0.3, 0.4) is 0 Å². The molecule has 0 aromatic rings. The fourth-order valence-electron chi connectivity index (χ4n) is 6.27. The number of aliphatic hydroxyl groups excluding tert-OH is 2. The molecule has 0 aliphatic carbocycles. The highest BCUT2D eigenvalue weighted by atomic mass is 16.3. The lowest BCUT2D eigenvalue weighted by Crippen LogP contribution is -2.45. The molecule has 0 bridgehead atoms. The summed E-state index contributed by atoms with van der Waals surface area (Å²) in [6.45, 7) is 4.31. The van der Waals surface area contributed by atoms with E-state index in [1.165, 1.54) is 161 Å². The summed E-state index contributed by atoms with van der Waals surface area (Å²) >= 11 is 0. The van der Waals surface area contributed by atoms with Crippen molar-refractivity contribution in [2.45, 2.75) is 231 Å². The molecule has 0 saturated heterocycles. The molecule has 272 valence electrons. The molecular weight excluding hydrogens is 566 g/mol. The third-order valence-electron chi connectivity index (χ3n) is 9.47. The first-order valence-corrected chi connectivity index (χ1v) is 20.5. The number of carbonyl (C=O) groups is 1. The molecule has 0 aliphatic heterocycles. The Hall–Kier alpha value is -1.13. The fraction of sp³-hybridized carbons (Fsp3) is 0.881. The number of amides is 1. The van der Waals surface area contributed by atoms with E-state index < -0.39 is 12.1 Å². The minimum absolute atomic E-state index is 0.0349. The van der Waals surface area contributed by atoms with Crippen molar-refractivity contribution in [1.29, 1.82) is 0 Å². The molecule has 0 aromatic carbocycles. The lowest BCUT2D eigenvalue weighted by molar-refractivity contribution is -0.123. The van der Waals surface area contributed by atoms with Crippen LogP contribution in [0.4, 0.5) is 0 Å². The van der Waals surface area contributed by atoms with E-state index >= 15 is 0 Å². The standard InChI is InChI=1S/C42H81NO3/c1-3-5-7-9-11-12-13-14-15-16-17-18-19-20-21-22-23-24-25-26-27-28-29-30-32-34-36-38-42(46)43-40(39-44)41(45)37-35-33-31-10-8-6-4-2/h13-14,16-17,40-41,44-45H,3-12,15,18-39H2,1-2H3,(H,43,46)/b14-13-,17-16-. The van der Waals surface area contributed by atoms with Crippen LogP contribution in [-0.2, 0) is 4.79 Å². The molecule has 0 aliphatic rings. The predicted octanol–water partition coefficient (Wildman–Crippen LogP) is 12.5. The van der Waals surface area contributed by atoms with E-state index in [4.69, 9.17) is 0 Å². The molecule has 3 N–H and O–H groups in total. The minimum Gasteiger partial charge on any atom is -0.394 e. The molecule has 46 heavy (non-hydrogen) atoms. The van der Waals surface area contributed by atoms with Gasteiger partial charge in [-0.05, 0) is 44.9 Å². The highest BCUT2D eigenvalue weighted by Crippen LogP contribution is 2.15. The molecule has 0 saturated carbocycles. The van der Waals surface area contributed by atoms with E-state index in [0.717, 1.165) is 32.1 Å². The molecule has 2 atom stereocenters. The van der Waals surface area contributed by atoms with Crippen molar-refractivity contribution in [2.75, 3.05) is 6.61 Å². The topological polar surface area (TPSA) is 69.6 Å². The highest BCUT2D eigenvalue weighted by molar-refractivity contribution is 5.76. The molecular formula is C42H81NO3. The summed E-state index contributed by atoms with van der Waals surface area (Å²) in [6.07, 6.45) is 48.4. The summed E-state index contributed by atoms with van der Waals surface area (Å²) in [5, 5.41) is 22.9. The Morgan fingerprint density at radius 3 is 1.30 bits per heavy atom. The number of unbranched alkanes of at least 4 members (excludes halogenated alkanes) is 26. The Bertz CT molecular complexity index is 661. The zero-order valence-corrected chi connectivity index (χ0v) is 31.1. The van der Waals surface area contributed by atoms with Crippen LogP contribution in [0.1, 0.15) is 219 Å². The van der Waals surface area contributed by atoms with Crippen molar-refractivity contribution >= 4 is 5.91 Å². The van der Waals surface area contributed by atoms with Crippen LogP contribution in [0.25, 0.3) is 0 Å². The molecule has 4 heteroatoms. The monoisotopic (exact) mass is 648 g/mol. The average Bonchev–Trinajstić information content (AvgIpc) is 3.06. The number of aliphatic hydroxyl groups is 2. The first kappa shape index (κ1) is 44.9. The SMILES string of the molecule is CCCCCCC/C=C\C/C=C\CCCCCCCCCCCCCCCCCC(=O)NC(CO)C(O)CCCCCCCCC. The van der Waals surface area contributed by atoms with E-state index in [1.807, 2.05) is 0 Å². The van der Waals surface area contributed by atoms with Crippen LogP contribution in [-0.4, -0.2) is 34.9 Å². The van der Waals surface area contributed by atoms with Gasteiger partial charge in [-0.1, -0.05) is 192 Å². The number of allylic oxidation sites excluding steroid dienone is 4. The number of hydrogen-bond donors (Lipinski definition) is 3. The van der Waals surface area contributed by atoms with Gasteiger partial charge in [-0.2, -0.15) is 0 Å². The smallest absolute Gasteiger partial charge is 0.220 e. The second-order valence-corrected chi connectivity index (χ2v) is 14.1. The molecule has 0 rings (SSSR count). The molecule has 0 spiro atoms. The van der Waals surface area contributed by atoms with E-state index in [0.29, 0.717) is 12.8 Å². The predicted molar refractivity (Wildman–Crippen MR) is 202 cm³/mol. The second kappa shape index (κ2) is 38.3. The van der Waals surface area contributed by atoms with Crippen LogP contribution in [0.2, 0.25) is 0 Å². The lowest BCUT2D eigenvalue weighted by atomic mass is 10.0. The van der Waals surface area contributed by atoms with Gasteiger partial charge in [0.15, 0.2) is 0 Å². The van der Waals surface area contributed by atoms with Gasteiger partial charge < -0.3 is 15.5 Å². The average molecular weight is 648 g/mol. The van der Waals surface area contributed by atoms with Gasteiger partial charge in [0.1, 0.15) is 0 Å². The minimum atomic E-state index is -0.653. The van der Waals surface area contributed by atoms with E-state index in [2.05, 4.69) is 43.5 Å². The lowest BCUT2D eigenvalue weighted by Gasteiger charge is -2.22. The van der Waals surface area contributed by atoms with Gasteiger partial charge in [0.05, 0.1) is 18.8 Å². The van der Waals surface area contributed by atoms with Crippen LogP contribution in [0.15, 0.2) is 24.3 Å². The third kappa shape index (κ3) is 34.2. The first-order valence-electron chi connectivity index (χ1n) is 20.5. The molecule has 4 nitrogen and oxygen atoms in total. The van der Waals surface area contributed by atoms with Crippen molar-refractivity contribution in [3.8, 4) is 0 Å². The number of hydrogen-bond acceptors (Lipinski definition) is 3. The van der Waals surface area contributed by atoms with Gasteiger partial charge in [0, 0.05) is 6.42 Å². The Balaban J connectivity index is 3.41. The Morgan fingerprint density at radius 1 is 0.522 bits per heavy atom. The van der Waals surface area contributed by atoms with Crippen molar-refractivity contribution in [3.05, 3.63) is 24.3 Å². The fourth-order valence-corrected chi connectivity index (χ4v) is 6.27. The van der Waals surface area contributed by atoms with Gasteiger partial charge in [0.2, 0.25) is 5.91 Å². The summed E-state index contributed by atoms with van der Waals surface area (Å²) in [5.41, 5.74) is 0. The van der Waals surface area contributed by atoms with Gasteiger partial charge in [0.25, 0.3) is 0 Å². The summed E-state index contributed by atoms with van der Waals surface area (Å²) in [7, 11) is 0. The zero-order chi connectivity index (χ0) is 33.6. The van der Waals surface area contributed by atoms with E-state index in [1.54, 1.807) is 0 Å². The van der Waals surface area contributed by atoms with Crippen molar-refractivity contribution in [3.63, 3.8) is 0 Å². The van der Waals surface area contributed by atoms with Crippen LogP contribution < -0.4 is 5.32 Å². The van der Waals surface area contributed by atoms with Gasteiger partial charge in [-0.15, -0.1) is 0 Å². The van der Waals surface area contributed by atoms with Gasteiger partial charge >= 0.3 is 0 Å². The largest absolute Gasteiger partial charge is 0.394 e. The molecule has 0 radical (unpaired) electrons. The van der Waals surface area contributed by atoms with Gasteiger partial charge in [-0.3, -0.25) is 4.79 Å². The van der Waals surface area contributed by atoms with Gasteiger partial charge in [-0.25, -0.2) is 0 Å². The normalized spacial score (nSPS) is 13.2. The quantitative estimate of drug-likeness (QED) is 0.0464. The summed E-state index contributed by atoms with van der Waals surface area (Å²) < 4.78 is 0. The zero-order valence-electron chi connectivity index (χ0n) is 31.1. The molecule has 2 unspecified atom stereocenters. The Morgan fingerprint density at radius 2 is 0.891 bits per heavy atom. The number of nitrogens with one attached hydrogen (secondary N) is 1. The third-order valence-corrected chi connectivity index (χ3v) is 9.47. The molecule has 0 heterocycles. The molecule has 0 aromatic heterocycles. The van der Waals surface area contributed by atoms with Crippen molar-refractivity contribution in [2.24, 2.45) is 0 Å². The summed E-state index contributed by atoms with van der Waals surface area (Å²) in [4.78, 5) is 12.3. The second-order valence-electron chi connectivity index (χ2n) is 14.1. The number of rotatable bonds is 37. The maximum absolute atomic E-state index is 12.3. The van der Waals surface area contributed by atoms with Crippen LogP contribution in [0.5, 0.6) is 0 Å². The number of carbonyl (C=O) groups excluding carboxylic acids is 1. The van der Waals surface area contributed by atoms with E-state index in [9.17, 15) is 15.0 Å².